The molecule has 1 aliphatic heterocycles. The second-order valence-electron chi connectivity index (χ2n) is 6.13. The van der Waals surface area contributed by atoms with Gasteiger partial charge in [-0.05, 0) is 42.5 Å². The Hall–Kier alpha value is -2.31. The van der Waals surface area contributed by atoms with Gasteiger partial charge in [-0.3, -0.25) is 4.79 Å². The normalized spacial score (nSPS) is 16.2. The summed E-state index contributed by atoms with van der Waals surface area (Å²) in [4.78, 5) is 25.2. The number of carbonyl (C=O) groups excluding carboxylic acids is 2. The molecular weight excluding hydrogens is 335 g/mol. The van der Waals surface area contributed by atoms with Crippen LogP contribution in [0.5, 0.6) is 0 Å². The summed E-state index contributed by atoms with van der Waals surface area (Å²) in [5.41, 5.74) is -0.569. The number of piperidine rings is 1. The summed E-state index contributed by atoms with van der Waals surface area (Å²) in [7, 11) is 0. The molecule has 0 bridgehead atoms. The quantitative estimate of drug-likeness (QED) is 0.613. The third-order valence-electron chi connectivity index (χ3n) is 4.10. The van der Waals surface area contributed by atoms with Crippen LogP contribution in [0.15, 0.2) is 30.3 Å². The van der Waals surface area contributed by atoms with Gasteiger partial charge in [-0.15, -0.1) is 0 Å². The second kappa shape index (κ2) is 8.18. The smallest absolute Gasteiger partial charge is 0.416 e. The van der Waals surface area contributed by atoms with E-state index in [1.807, 2.05) is 0 Å². The first kappa shape index (κ1) is 19.0. The zero-order valence-electron chi connectivity index (χ0n) is 13.9. The summed E-state index contributed by atoms with van der Waals surface area (Å²) >= 11 is 0. The van der Waals surface area contributed by atoms with Crippen LogP contribution in [-0.4, -0.2) is 36.5 Å². The standard InChI is InChI=1S/C18H20F3NO3/c1-13-7-9-22(10-8-13)16(23)12-25-17(24)6-5-14-3-2-4-15(11-14)18(19,20)21/h2-6,11,13H,7-10,12H2,1H3/b6-5+. The largest absolute Gasteiger partial charge is 0.452 e. The predicted molar refractivity (Wildman–Crippen MR) is 86.4 cm³/mol. The maximum absolute atomic E-state index is 12.6. The number of likely N-dealkylation sites (tertiary alicyclic amines) is 1. The number of ether oxygens (including phenoxy) is 1. The highest BCUT2D eigenvalue weighted by molar-refractivity contribution is 5.89. The fourth-order valence-corrected chi connectivity index (χ4v) is 2.51. The van der Waals surface area contributed by atoms with E-state index in [2.05, 4.69) is 6.92 Å². The Morgan fingerprint density at radius 2 is 1.96 bits per heavy atom. The van der Waals surface area contributed by atoms with Crippen molar-refractivity contribution < 1.29 is 27.5 Å². The average Bonchev–Trinajstić information content (AvgIpc) is 2.58. The molecule has 4 nitrogen and oxygen atoms in total. The van der Waals surface area contributed by atoms with Crippen molar-refractivity contribution in [2.24, 2.45) is 5.92 Å². The molecule has 0 atom stereocenters. The topological polar surface area (TPSA) is 46.6 Å². The molecule has 0 aromatic heterocycles. The van der Waals surface area contributed by atoms with Crippen molar-refractivity contribution in [3.05, 3.63) is 41.5 Å². The van der Waals surface area contributed by atoms with Gasteiger partial charge in [0.1, 0.15) is 0 Å². The van der Waals surface area contributed by atoms with Crippen LogP contribution in [0.25, 0.3) is 6.08 Å². The van der Waals surface area contributed by atoms with E-state index in [0.29, 0.717) is 19.0 Å². The number of hydrogen-bond donors (Lipinski definition) is 0. The van der Waals surface area contributed by atoms with E-state index in [1.165, 1.54) is 18.2 Å². The summed E-state index contributed by atoms with van der Waals surface area (Å²) in [6.07, 6.45) is -0.349. The molecule has 7 heteroatoms. The highest BCUT2D eigenvalue weighted by Gasteiger charge is 2.30. The molecule has 0 N–H and O–H groups in total. The van der Waals surface area contributed by atoms with Crippen molar-refractivity contribution in [2.75, 3.05) is 19.7 Å². The lowest BCUT2D eigenvalue weighted by molar-refractivity contribution is -0.148. The number of carbonyl (C=O) groups is 2. The molecule has 0 unspecified atom stereocenters. The molecule has 136 valence electrons. The van der Waals surface area contributed by atoms with Gasteiger partial charge in [0.25, 0.3) is 5.91 Å². The summed E-state index contributed by atoms with van der Waals surface area (Å²) in [5, 5.41) is 0. The first-order valence-electron chi connectivity index (χ1n) is 8.05. The van der Waals surface area contributed by atoms with Gasteiger partial charge >= 0.3 is 12.1 Å². The maximum atomic E-state index is 12.6. The van der Waals surface area contributed by atoms with Crippen LogP contribution in [0.2, 0.25) is 0 Å². The van der Waals surface area contributed by atoms with Gasteiger partial charge in [0, 0.05) is 19.2 Å². The van der Waals surface area contributed by atoms with Gasteiger partial charge in [0.2, 0.25) is 0 Å². The molecule has 0 radical (unpaired) electrons. The Morgan fingerprint density at radius 1 is 1.28 bits per heavy atom. The Balaban J connectivity index is 1.84. The number of rotatable bonds is 4. The van der Waals surface area contributed by atoms with E-state index in [1.54, 1.807) is 4.90 Å². The predicted octanol–water partition coefficient (Wildman–Crippen LogP) is 3.52. The summed E-state index contributed by atoms with van der Waals surface area (Å²) in [6.45, 7) is 3.07. The highest BCUT2D eigenvalue weighted by Crippen LogP contribution is 2.29. The number of alkyl halides is 3. The third-order valence-corrected chi connectivity index (χ3v) is 4.10. The first-order valence-corrected chi connectivity index (χ1v) is 8.05. The lowest BCUT2D eigenvalue weighted by Crippen LogP contribution is -2.40. The minimum atomic E-state index is -4.44. The van der Waals surface area contributed by atoms with Crippen molar-refractivity contribution >= 4 is 18.0 Å². The number of hydrogen-bond acceptors (Lipinski definition) is 3. The molecule has 0 aliphatic carbocycles. The zero-order chi connectivity index (χ0) is 18.4. The molecular formula is C18H20F3NO3. The molecule has 0 saturated carbocycles. The molecule has 1 aromatic carbocycles. The number of amides is 1. The molecule has 1 heterocycles. The van der Waals surface area contributed by atoms with Crippen molar-refractivity contribution in [3.63, 3.8) is 0 Å². The lowest BCUT2D eigenvalue weighted by Gasteiger charge is -2.30. The summed E-state index contributed by atoms with van der Waals surface area (Å²) in [5.74, 6) is -0.439. The lowest BCUT2D eigenvalue weighted by atomic mass is 9.99. The van der Waals surface area contributed by atoms with Crippen LogP contribution < -0.4 is 0 Å². The fourth-order valence-electron chi connectivity index (χ4n) is 2.51. The molecule has 1 fully saturated rings. The van der Waals surface area contributed by atoms with E-state index in [0.717, 1.165) is 31.1 Å². The van der Waals surface area contributed by atoms with Gasteiger partial charge in [0.15, 0.2) is 6.61 Å². The van der Waals surface area contributed by atoms with Gasteiger partial charge in [-0.25, -0.2) is 4.79 Å². The Labute approximate surface area is 144 Å². The van der Waals surface area contributed by atoms with E-state index >= 15 is 0 Å². The van der Waals surface area contributed by atoms with Crippen LogP contribution in [0.3, 0.4) is 0 Å². The van der Waals surface area contributed by atoms with E-state index in [9.17, 15) is 22.8 Å². The number of halogens is 3. The fraction of sp³-hybridized carbons (Fsp3) is 0.444. The second-order valence-corrected chi connectivity index (χ2v) is 6.13. The van der Waals surface area contributed by atoms with E-state index in [4.69, 9.17) is 4.74 Å². The first-order chi connectivity index (χ1) is 11.8. The van der Waals surface area contributed by atoms with Crippen molar-refractivity contribution in [3.8, 4) is 0 Å². The van der Waals surface area contributed by atoms with Crippen LogP contribution in [0.4, 0.5) is 13.2 Å². The summed E-state index contributed by atoms with van der Waals surface area (Å²) < 4.78 is 42.7. The minimum absolute atomic E-state index is 0.225. The molecule has 0 spiro atoms. The van der Waals surface area contributed by atoms with Crippen LogP contribution >= 0.6 is 0 Å². The van der Waals surface area contributed by atoms with Crippen molar-refractivity contribution in [2.45, 2.75) is 25.9 Å². The Kier molecular flexibility index (Phi) is 6.22. The summed E-state index contributed by atoms with van der Waals surface area (Å²) in [6, 6.07) is 4.59. The molecule has 1 aliphatic rings. The highest BCUT2D eigenvalue weighted by atomic mass is 19.4. The molecule has 1 amide bonds. The Bertz CT molecular complexity index is 647. The van der Waals surface area contributed by atoms with Crippen LogP contribution in [-0.2, 0) is 20.5 Å². The number of nitrogens with zero attached hydrogens (tertiary/aromatic N) is 1. The van der Waals surface area contributed by atoms with E-state index < -0.39 is 17.7 Å². The zero-order valence-corrected chi connectivity index (χ0v) is 13.9. The number of esters is 1. The SMILES string of the molecule is CC1CCN(C(=O)COC(=O)/C=C/c2cccc(C(F)(F)F)c2)CC1. The molecule has 2 rings (SSSR count). The van der Waals surface area contributed by atoms with Crippen molar-refractivity contribution in [1.82, 2.24) is 4.90 Å². The third kappa shape index (κ3) is 5.92. The maximum Gasteiger partial charge on any atom is 0.416 e. The van der Waals surface area contributed by atoms with Crippen LogP contribution in [0.1, 0.15) is 30.9 Å². The van der Waals surface area contributed by atoms with Crippen LogP contribution in [0, 0.1) is 5.92 Å². The van der Waals surface area contributed by atoms with E-state index in [-0.39, 0.29) is 18.1 Å². The minimum Gasteiger partial charge on any atom is -0.452 e. The van der Waals surface area contributed by atoms with Crippen molar-refractivity contribution in [1.29, 1.82) is 0 Å². The molecule has 1 aromatic rings. The van der Waals surface area contributed by atoms with Gasteiger partial charge < -0.3 is 9.64 Å². The molecule has 25 heavy (non-hydrogen) atoms. The Morgan fingerprint density at radius 3 is 2.60 bits per heavy atom. The van der Waals surface area contributed by atoms with Gasteiger partial charge in [-0.2, -0.15) is 13.2 Å². The van der Waals surface area contributed by atoms with Gasteiger partial charge in [-0.1, -0.05) is 19.1 Å². The number of benzene rings is 1. The molecule has 1 saturated heterocycles. The monoisotopic (exact) mass is 355 g/mol. The average molecular weight is 355 g/mol. The van der Waals surface area contributed by atoms with Gasteiger partial charge in [0.05, 0.1) is 5.56 Å².